The van der Waals surface area contributed by atoms with Gasteiger partial charge in [0.15, 0.2) is 11.5 Å². The Bertz CT molecular complexity index is 799. The maximum atomic E-state index is 11.2. The van der Waals surface area contributed by atoms with Crippen LogP contribution in [0.3, 0.4) is 0 Å². The minimum atomic E-state index is -1.50. The molecule has 0 atom stereocenters. The van der Waals surface area contributed by atoms with Crippen molar-refractivity contribution in [2.24, 2.45) is 5.92 Å². The highest BCUT2D eigenvalue weighted by molar-refractivity contribution is 5.77. The van der Waals surface area contributed by atoms with Crippen LogP contribution in [0.15, 0.2) is 48.5 Å². The summed E-state index contributed by atoms with van der Waals surface area (Å²) in [5, 5.41) is 9.14. The summed E-state index contributed by atoms with van der Waals surface area (Å²) in [6.45, 7) is 3.19. The van der Waals surface area contributed by atoms with Crippen LogP contribution in [0, 0.1) is 5.92 Å². The van der Waals surface area contributed by atoms with E-state index in [9.17, 15) is 4.79 Å². The number of nitrogens with zero attached hydrogens (tertiary/aromatic N) is 1. The maximum Gasteiger partial charge on any atom is 0.364 e. The molecule has 2 aliphatic heterocycles. The van der Waals surface area contributed by atoms with Gasteiger partial charge in [-0.2, -0.15) is 0 Å². The first-order valence-electron chi connectivity index (χ1n) is 9.71. The molecule has 6 nitrogen and oxygen atoms in total. The zero-order valence-electron chi connectivity index (χ0n) is 16.0. The molecule has 1 N–H and O–H groups in total. The number of carboxylic acid groups (broad SMARTS) is 1. The number of hydrogen-bond donors (Lipinski definition) is 1. The number of hydrogen-bond acceptors (Lipinski definition) is 5. The number of carbonyl (C=O) groups is 1. The van der Waals surface area contributed by atoms with Crippen LogP contribution >= 0.6 is 0 Å². The normalized spacial score (nSPS) is 23.5. The van der Waals surface area contributed by atoms with E-state index in [4.69, 9.17) is 19.3 Å². The number of unbranched alkanes of at least 4 members (excludes halogenated alkanes) is 1. The van der Waals surface area contributed by atoms with Crippen molar-refractivity contribution >= 4 is 17.3 Å². The lowest BCUT2D eigenvalue weighted by Gasteiger charge is -2.35. The van der Waals surface area contributed by atoms with Crippen LogP contribution in [0.5, 0.6) is 11.5 Å². The molecule has 2 aromatic rings. The first-order chi connectivity index (χ1) is 13.6. The average molecular weight is 383 g/mol. The smallest absolute Gasteiger partial charge is 0.364 e. The number of rotatable bonds is 6. The molecule has 2 aliphatic rings. The van der Waals surface area contributed by atoms with Crippen LogP contribution in [-0.2, 0) is 14.3 Å². The summed E-state index contributed by atoms with van der Waals surface area (Å²) in [6.07, 6.45) is 2.97. The molecule has 0 aromatic heterocycles. The SMILES string of the molecule is CC1(C(=O)O)OCC(CCCCN2c3ccccc3Oc3ccccc32)CO1. The number of anilines is 2. The molecule has 0 radical (unpaired) electrons. The fourth-order valence-electron chi connectivity index (χ4n) is 3.66. The molecule has 4 rings (SSSR count). The molecule has 1 fully saturated rings. The molecule has 2 heterocycles. The predicted octanol–water partition coefficient (Wildman–Crippen LogP) is 4.56. The molecular weight excluding hydrogens is 358 g/mol. The van der Waals surface area contributed by atoms with Crippen molar-refractivity contribution in [2.45, 2.75) is 32.0 Å². The highest BCUT2D eigenvalue weighted by Crippen LogP contribution is 2.46. The molecule has 0 bridgehead atoms. The second-order valence-electron chi connectivity index (χ2n) is 7.42. The Labute approximate surface area is 164 Å². The van der Waals surface area contributed by atoms with E-state index in [1.165, 1.54) is 6.92 Å². The average Bonchev–Trinajstić information content (AvgIpc) is 2.71. The van der Waals surface area contributed by atoms with E-state index < -0.39 is 11.8 Å². The lowest BCUT2D eigenvalue weighted by molar-refractivity contribution is -0.271. The van der Waals surface area contributed by atoms with Crippen molar-refractivity contribution in [3.63, 3.8) is 0 Å². The first kappa shape index (κ1) is 18.8. The van der Waals surface area contributed by atoms with Crippen LogP contribution < -0.4 is 9.64 Å². The van der Waals surface area contributed by atoms with E-state index in [-0.39, 0.29) is 5.92 Å². The highest BCUT2D eigenvalue weighted by Gasteiger charge is 2.40. The van der Waals surface area contributed by atoms with E-state index >= 15 is 0 Å². The Morgan fingerprint density at radius 1 is 1.04 bits per heavy atom. The summed E-state index contributed by atoms with van der Waals surface area (Å²) >= 11 is 0. The van der Waals surface area contributed by atoms with Gasteiger partial charge in [0.25, 0.3) is 5.79 Å². The standard InChI is InChI=1S/C22H25NO5/c1-22(21(24)25)26-14-16(15-27-22)8-6-7-13-23-17-9-2-4-11-19(17)28-20-12-5-3-10-18(20)23/h2-5,9-12,16H,6-8,13-15H2,1H3,(H,24,25). The fourth-order valence-corrected chi connectivity index (χ4v) is 3.66. The van der Waals surface area contributed by atoms with Gasteiger partial charge in [0.1, 0.15) is 0 Å². The summed E-state index contributed by atoms with van der Waals surface area (Å²) in [4.78, 5) is 13.5. The number of benzene rings is 2. The van der Waals surface area contributed by atoms with Gasteiger partial charge in [0.05, 0.1) is 24.6 Å². The Morgan fingerprint density at radius 3 is 2.18 bits per heavy atom. The van der Waals surface area contributed by atoms with Gasteiger partial charge in [0.2, 0.25) is 0 Å². The molecule has 1 saturated heterocycles. The van der Waals surface area contributed by atoms with Gasteiger partial charge in [0, 0.05) is 19.4 Å². The number of fused-ring (bicyclic) bond motifs is 2. The predicted molar refractivity (Wildman–Crippen MR) is 105 cm³/mol. The zero-order chi connectivity index (χ0) is 19.6. The lowest BCUT2D eigenvalue weighted by Crippen LogP contribution is -2.47. The maximum absolute atomic E-state index is 11.2. The van der Waals surface area contributed by atoms with Crippen molar-refractivity contribution in [1.29, 1.82) is 0 Å². The van der Waals surface area contributed by atoms with Crippen LogP contribution in [-0.4, -0.2) is 36.6 Å². The molecule has 2 aromatic carbocycles. The Hall–Kier alpha value is -2.57. The first-order valence-corrected chi connectivity index (χ1v) is 9.71. The Morgan fingerprint density at radius 2 is 1.61 bits per heavy atom. The minimum absolute atomic E-state index is 0.233. The van der Waals surface area contributed by atoms with Gasteiger partial charge >= 0.3 is 5.97 Å². The van der Waals surface area contributed by atoms with Gasteiger partial charge in [-0.05, 0) is 37.1 Å². The van der Waals surface area contributed by atoms with Crippen LogP contribution in [0.25, 0.3) is 0 Å². The summed E-state index contributed by atoms with van der Waals surface area (Å²) in [7, 11) is 0. The fraction of sp³-hybridized carbons (Fsp3) is 0.409. The van der Waals surface area contributed by atoms with Crippen LogP contribution in [0.1, 0.15) is 26.2 Å². The summed E-state index contributed by atoms with van der Waals surface area (Å²) < 4.78 is 16.9. The second-order valence-corrected chi connectivity index (χ2v) is 7.42. The largest absolute Gasteiger partial charge is 0.477 e. The number of carboxylic acids is 1. The van der Waals surface area contributed by atoms with Gasteiger partial charge < -0.3 is 24.2 Å². The summed E-state index contributed by atoms with van der Waals surface area (Å²) in [5.41, 5.74) is 2.17. The summed E-state index contributed by atoms with van der Waals surface area (Å²) in [5.74, 6) is -0.587. The quantitative estimate of drug-likeness (QED) is 0.738. The van der Waals surface area contributed by atoms with Gasteiger partial charge in [-0.3, -0.25) is 0 Å². The van der Waals surface area contributed by atoms with Crippen molar-refractivity contribution in [1.82, 2.24) is 0 Å². The van der Waals surface area contributed by atoms with Gasteiger partial charge in [-0.15, -0.1) is 0 Å². The van der Waals surface area contributed by atoms with Crippen molar-refractivity contribution in [2.75, 3.05) is 24.7 Å². The van der Waals surface area contributed by atoms with E-state index in [2.05, 4.69) is 17.0 Å². The van der Waals surface area contributed by atoms with Crippen LogP contribution in [0.4, 0.5) is 11.4 Å². The van der Waals surface area contributed by atoms with E-state index in [1.807, 2.05) is 36.4 Å². The van der Waals surface area contributed by atoms with Crippen molar-refractivity contribution in [3.05, 3.63) is 48.5 Å². The molecule has 0 unspecified atom stereocenters. The van der Waals surface area contributed by atoms with E-state index in [0.717, 1.165) is 48.7 Å². The van der Waals surface area contributed by atoms with Crippen LogP contribution in [0.2, 0.25) is 0 Å². The van der Waals surface area contributed by atoms with E-state index in [0.29, 0.717) is 13.2 Å². The van der Waals surface area contributed by atoms with Crippen molar-refractivity contribution in [3.8, 4) is 11.5 Å². The Balaban J connectivity index is 1.33. The van der Waals surface area contributed by atoms with Gasteiger partial charge in [-0.25, -0.2) is 4.79 Å². The molecular formula is C22H25NO5. The monoisotopic (exact) mass is 383 g/mol. The molecule has 0 saturated carbocycles. The number of aliphatic carboxylic acids is 1. The third kappa shape index (κ3) is 3.70. The topological polar surface area (TPSA) is 68.2 Å². The molecule has 28 heavy (non-hydrogen) atoms. The molecule has 0 amide bonds. The minimum Gasteiger partial charge on any atom is -0.477 e. The summed E-state index contributed by atoms with van der Waals surface area (Å²) in [6, 6.07) is 16.2. The lowest BCUT2D eigenvalue weighted by atomic mass is 10.0. The second kappa shape index (κ2) is 7.81. The number of ether oxygens (including phenoxy) is 3. The highest BCUT2D eigenvalue weighted by atomic mass is 16.7. The van der Waals surface area contributed by atoms with Gasteiger partial charge in [-0.1, -0.05) is 30.7 Å². The third-order valence-corrected chi connectivity index (χ3v) is 5.35. The molecule has 6 heteroatoms. The molecule has 148 valence electrons. The molecule has 0 aliphatic carbocycles. The zero-order valence-corrected chi connectivity index (χ0v) is 16.0. The number of para-hydroxylation sites is 4. The Kier molecular flexibility index (Phi) is 5.24. The van der Waals surface area contributed by atoms with E-state index in [1.54, 1.807) is 0 Å². The molecule has 0 spiro atoms. The third-order valence-electron chi connectivity index (χ3n) is 5.35. The van der Waals surface area contributed by atoms with Crippen molar-refractivity contribution < 1.29 is 24.1 Å².